The van der Waals surface area contributed by atoms with Crippen LogP contribution in [0, 0.1) is 6.92 Å². The third-order valence-electron chi connectivity index (χ3n) is 3.67. The van der Waals surface area contributed by atoms with Crippen LogP contribution in [0.2, 0.25) is 0 Å². The number of fused-ring (bicyclic) bond motifs is 1. The summed E-state index contributed by atoms with van der Waals surface area (Å²) in [5, 5.41) is 0. The van der Waals surface area contributed by atoms with Crippen LogP contribution in [0.1, 0.15) is 23.1 Å². The monoisotopic (exact) mass is 223 g/mol. The number of benzene rings is 2. The van der Waals surface area contributed by atoms with E-state index < -0.39 is 0 Å². The third kappa shape index (κ3) is 1.82. The van der Waals surface area contributed by atoms with Gasteiger partial charge in [-0.25, -0.2) is 0 Å². The quantitative estimate of drug-likeness (QED) is 0.732. The summed E-state index contributed by atoms with van der Waals surface area (Å²) in [6.07, 6.45) is 3.77. The molecule has 0 bridgehead atoms. The second-order valence-electron chi connectivity index (χ2n) is 4.91. The maximum atomic E-state index is 5.88. The van der Waals surface area contributed by atoms with Gasteiger partial charge in [-0.05, 0) is 66.1 Å². The predicted octanol–water partition coefficient (Wildman–Crippen LogP) is 3.73. The summed E-state index contributed by atoms with van der Waals surface area (Å²) in [6.45, 7) is 2.14. The molecule has 0 radical (unpaired) electrons. The van der Waals surface area contributed by atoms with E-state index in [-0.39, 0.29) is 0 Å². The summed E-state index contributed by atoms with van der Waals surface area (Å²) >= 11 is 0. The lowest BCUT2D eigenvalue weighted by Gasteiger charge is -2.09. The van der Waals surface area contributed by atoms with Gasteiger partial charge in [0.1, 0.15) is 0 Å². The van der Waals surface area contributed by atoms with Crippen molar-refractivity contribution in [2.75, 3.05) is 5.73 Å². The largest absolute Gasteiger partial charge is 0.399 e. The van der Waals surface area contributed by atoms with Gasteiger partial charge in [0.25, 0.3) is 0 Å². The fourth-order valence-corrected chi connectivity index (χ4v) is 2.69. The van der Waals surface area contributed by atoms with Gasteiger partial charge in [0.15, 0.2) is 0 Å². The second kappa shape index (κ2) is 3.92. The van der Waals surface area contributed by atoms with E-state index in [9.17, 15) is 0 Å². The van der Waals surface area contributed by atoms with Gasteiger partial charge in [0, 0.05) is 5.69 Å². The molecule has 0 fully saturated rings. The molecule has 0 aromatic heterocycles. The molecule has 0 unspecified atom stereocenters. The van der Waals surface area contributed by atoms with Crippen molar-refractivity contribution < 1.29 is 0 Å². The van der Waals surface area contributed by atoms with Gasteiger partial charge in [0.05, 0.1) is 0 Å². The lowest BCUT2D eigenvalue weighted by molar-refractivity contribution is 0.912. The Kier molecular flexibility index (Phi) is 2.40. The molecule has 1 aliphatic carbocycles. The first-order chi connectivity index (χ1) is 8.24. The molecule has 0 spiro atoms. The predicted molar refractivity (Wildman–Crippen MR) is 73.1 cm³/mol. The van der Waals surface area contributed by atoms with E-state index in [4.69, 9.17) is 5.73 Å². The molecule has 17 heavy (non-hydrogen) atoms. The molecule has 0 saturated heterocycles. The van der Waals surface area contributed by atoms with Gasteiger partial charge in [-0.2, -0.15) is 0 Å². The highest BCUT2D eigenvalue weighted by molar-refractivity contribution is 5.72. The molecule has 0 heterocycles. The standard InChI is InChI=1S/C16H17N/c1-11-5-8-15(17)10-16(11)14-7-6-12-3-2-4-13(12)9-14/h5-10H,2-4,17H2,1H3. The lowest BCUT2D eigenvalue weighted by Crippen LogP contribution is -1.90. The van der Waals surface area contributed by atoms with Crippen molar-refractivity contribution in [1.82, 2.24) is 0 Å². The molecule has 1 heteroatoms. The van der Waals surface area contributed by atoms with Crippen molar-refractivity contribution in [3.63, 3.8) is 0 Å². The Labute approximate surface area is 102 Å². The van der Waals surface area contributed by atoms with Gasteiger partial charge >= 0.3 is 0 Å². The van der Waals surface area contributed by atoms with E-state index in [1.165, 1.54) is 47.1 Å². The molecule has 0 saturated carbocycles. The zero-order valence-electron chi connectivity index (χ0n) is 10.2. The van der Waals surface area contributed by atoms with Crippen LogP contribution in [0.25, 0.3) is 11.1 Å². The highest BCUT2D eigenvalue weighted by atomic mass is 14.5. The zero-order valence-corrected chi connectivity index (χ0v) is 10.2. The molecule has 86 valence electrons. The number of aryl methyl sites for hydroxylation is 3. The molecule has 2 aromatic rings. The molecule has 3 rings (SSSR count). The lowest BCUT2D eigenvalue weighted by atomic mass is 9.97. The Morgan fingerprint density at radius 1 is 0.941 bits per heavy atom. The van der Waals surface area contributed by atoms with Crippen LogP contribution in [0.15, 0.2) is 36.4 Å². The number of hydrogen-bond acceptors (Lipinski definition) is 1. The topological polar surface area (TPSA) is 26.0 Å². The fraction of sp³-hybridized carbons (Fsp3) is 0.250. The Hall–Kier alpha value is -1.76. The number of nitrogens with two attached hydrogens (primary N) is 1. The van der Waals surface area contributed by atoms with Gasteiger partial charge in [-0.15, -0.1) is 0 Å². The smallest absolute Gasteiger partial charge is 0.0320 e. The fourth-order valence-electron chi connectivity index (χ4n) is 2.69. The van der Waals surface area contributed by atoms with E-state index in [1.807, 2.05) is 6.07 Å². The first kappa shape index (κ1) is 10.4. The first-order valence-electron chi connectivity index (χ1n) is 6.22. The average molecular weight is 223 g/mol. The summed E-state index contributed by atoms with van der Waals surface area (Å²) in [5.74, 6) is 0. The summed E-state index contributed by atoms with van der Waals surface area (Å²) in [5.41, 5.74) is 13.6. The summed E-state index contributed by atoms with van der Waals surface area (Å²) in [4.78, 5) is 0. The minimum Gasteiger partial charge on any atom is -0.399 e. The third-order valence-corrected chi connectivity index (χ3v) is 3.67. The van der Waals surface area contributed by atoms with E-state index in [1.54, 1.807) is 0 Å². The van der Waals surface area contributed by atoms with Crippen LogP contribution in [-0.2, 0) is 12.8 Å². The first-order valence-corrected chi connectivity index (χ1v) is 6.22. The van der Waals surface area contributed by atoms with Crippen LogP contribution in [-0.4, -0.2) is 0 Å². The Morgan fingerprint density at radius 3 is 2.65 bits per heavy atom. The minimum absolute atomic E-state index is 0.839. The SMILES string of the molecule is Cc1ccc(N)cc1-c1ccc2c(c1)CCC2. The van der Waals surface area contributed by atoms with E-state index >= 15 is 0 Å². The molecule has 0 amide bonds. The van der Waals surface area contributed by atoms with Crippen molar-refractivity contribution in [2.45, 2.75) is 26.2 Å². The van der Waals surface area contributed by atoms with Gasteiger partial charge in [0.2, 0.25) is 0 Å². The molecule has 0 aliphatic heterocycles. The second-order valence-corrected chi connectivity index (χ2v) is 4.91. The number of hydrogen-bond donors (Lipinski definition) is 1. The number of nitrogen functional groups attached to an aromatic ring is 1. The van der Waals surface area contributed by atoms with Crippen molar-refractivity contribution in [3.05, 3.63) is 53.1 Å². The van der Waals surface area contributed by atoms with Crippen LogP contribution < -0.4 is 5.73 Å². The van der Waals surface area contributed by atoms with E-state index in [2.05, 4.69) is 37.3 Å². The maximum Gasteiger partial charge on any atom is 0.0320 e. The van der Waals surface area contributed by atoms with Crippen LogP contribution in [0.5, 0.6) is 0 Å². The molecule has 2 aromatic carbocycles. The van der Waals surface area contributed by atoms with Crippen molar-refractivity contribution in [2.24, 2.45) is 0 Å². The summed E-state index contributed by atoms with van der Waals surface area (Å²) in [6, 6.07) is 13.0. The molecular formula is C16H17N. The van der Waals surface area contributed by atoms with Gasteiger partial charge < -0.3 is 5.73 Å². The van der Waals surface area contributed by atoms with Crippen LogP contribution in [0.4, 0.5) is 5.69 Å². The summed E-state index contributed by atoms with van der Waals surface area (Å²) < 4.78 is 0. The Morgan fingerprint density at radius 2 is 1.76 bits per heavy atom. The zero-order chi connectivity index (χ0) is 11.8. The van der Waals surface area contributed by atoms with Crippen LogP contribution >= 0.6 is 0 Å². The molecule has 0 atom stereocenters. The van der Waals surface area contributed by atoms with Crippen LogP contribution in [0.3, 0.4) is 0 Å². The Bertz CT molecular complexity index is 570. The highest BCUT2D eigenvalue weighted by Gasteiger charge is 2.12. The average Bonchev–Trinajstić information content (AvgIpc) is 2.79. The maximum absolute atomic E-state index is 5.88. The van der Waals surface area contributed by atoms with Gasteiger partial charge in [-0.3, -0.25) is 0 Å². The molecular weight excluding hydrogens is 206 g/mol. The van der Waals surface area contributed by atoms with Crippen molar-refractivity contribution in [1.29, 1.82) is 0 Å². The normalized spacial score (nSPS) is 13.7. The van der Waals surface area contributed by atoms with E-state index in [0.717, 1.165) is 5.69 Å². The van der Waals surface area contributed by atoms with Crippen molar-refractivity contribution >= 4 is 5.69 Å². The summed E-state index contributed by atoms with van der Waals surface area (Å²) in [7, 11) is 0. The van der Waals surface area contributed by atoms with Crippen molar-refractivity contribution in [3.8, 4) is 11.1 Å². The number of anilines is 1. The molecule has 1 nitrogen and oxygen atoms in total. The minimum atomic E-state index is 0.839. The molecule has 1 aliphatic rings. The number of rotatable bonds is 1. The highest BCUT2D eigenvalue weighted by Crippen LogP contribution is 2.30. The molecule has 2 N–H and O–H groups in total. The van der Waals surface area contributed by atoms with Gasteiger partial charge in [-0.1, -0.05) is 24.3 Å². The Balaban J connectivity index is 2.12. The van der Waals surface area contributed by atoms with E-state index in [0.29, 0.717) is 0 Å².